The lowest BCUT2D eigenvalue weighted by Crippen LogP contribution is -2.00. The van der Waals surface area contributed by atoms with Crippen LogP contribution in [0.15, 0.2) is 66.7 Å². The summed E-state index contributed by atoms with van der Waals surface area (Å²) in [7, 11) is 1.73. The smallest absolute Gasteiger partial charge is 0.122 e. The molecule has 0 bridgehead atoms. The van der Waals surface area contributed by atoms with Crippen LogP contribution in [0.5, 0.6) is 5.75 Å². The summed E-state index contributed by atoms with van der Waals surface area (Å²) in [4.78, 5) is 0. The molecule has 0 saturated carbocycles. The van der Waals surface area contributed by atoms with Crippen molar-refractivity contribution in [2.24, 2.45) is 0 Å². The molecule has 1 heteroatoms. The fraction of sp³-hybridized carbons (Fsp3) is 0.158. The van der Waals surface area contributed by atoms with Gasteiger partial charge in [0, 0.05) is 11.5 Å². The fourth-order valence-electron chi connectivity index (χ4n) is 2.82. The number of fused-ring (bicyclic) bond motifs is 1. The van der Waals surface area contributed by atoms with Crippen LogP contribution < -0.4 is 4.74 Å². The van der Waals surface area contributed by atoms with Gasteiger partial charge in [-0.1, -0.05) is 67.6 Å². The van der Waals surface area contributed by atoms with Crippen LogP contribution in [-0.2, 0) is 0 Å². The minimum absolute atomic E-state index is 0.303. The summed E-state index contributed by atoms with van der Waals surface area (Å²) >= 11 is 0. The van der Waals surface area contributed by atoms with Crippen LogP contribution in [0.2, 0.25) is 0 Å². The lowest BCUT2D eigenvalue weighted by molar-refractivity contribution is 0.408. The van der Waals surface area contributed by atoms with Crippen LogP contribution in [0.4, 0.5) is 0 Å². The largest absolute Gasteiger partial charge is 0.496 e. The Morgan fingerprint density at radius 3 is 2.25 bits per heavy atom. The first-order valence-electron chi connectivity index (χ1n) is 6.92. The summed E-state index contributed by atoms with van der Waals surface area (Å²) in [5.41, 5.74) is 2.57. The Balaban J connectivity index is 2.15. The normalized spacial score (nSPS) is 12.3. The molecule has 0 saturated heterocycles. The van der Waals surface area contributed by atoms with Crippen molar-refractivity contribution in [2.45, 2.75) is 12.8 Å². The second-order valence-corrected chi connectivity index (χ2v) is 5.03. The van der Waals surface area contributed by atoms with E-state index in [1.165, 1.54) is 21.9 Å². The zero-order valence-electron chi connectivity index (χ0n) is 11.8. The minimum atomic E-state index is 0.303. The number of hydrogen-bond donors (Lipinski definition) is 0. The predicted octanol–water partition coefficient (Wildman–Crippen LogP) is 5.00. The molecule has 100 valence electrons. The van der Waals surface area contributed by atoms with Crippen LogP contribution in [0.3, 0.4) is 0 Å². The Kier molecular flexibility index (Phi) is 3.42. The average molecular weight is 262 g/mol. The van der Waals surface area contributed by atoms with Crippen molar-refractivity contribution in [3.05, 3.63) is 77.9 Å². The highest BCUT2D eigenvalue weighted by molar-refractivity contribution is 5.86. The third-order valence-corrected chi connectivity index (χ3v) is 3.90. The Morgan fingerprint density at radius 2 is 1.40 bits per heavy atom. The lowest BCUT2D eigenvalue weighted by Gasteiger charge is -2.18. The molecule has 0 heterocycles. The van der Waals surface area contributed by atoms with Crippen molar-refractivity contribution in [2.75, 3.05) is 7.11 Å². The number of ether oxygens (including phenoxy) is 1. The van der Waals surface area contributed by atoms with Gasteiger partial charge in [-0.05, 0) is 22.4 Å². The molecule has 1 atom stereocenters. The molecule has 0 spiro atoms. The summed E-state index contributed by atoms with van der Waals surface area (Å²) in [6.45, 7) is 2.24. The molecule has 1 unspecified atom stereocenters. The van der Waals surface area contributed by atoms with E-state index in [-0.39, 0.29) is 0 Å². The van der Waals surface area contributed by atoms with Gasteiger partial charge in [0.1, 0.15) is 5.75 Å². The molecule has 1 nitrogen and oxygen atoms in total. The van der Waals surface area contributed by atoms with Gasteiger partial charge in [0.15, 0.2) is 0 Å². The quantitative estimate of drug-likeness (QED) is 0.645. The molecule has 0 aliphatic carbocycles. The summed E-state index contributed by atoms with van der Waals surface area (Å²) < 4.78 is 5.50. The number of rotatable bonds is 3. The monoisotopic (exact) mass is 262 g/mol. The molecular weight excluding hydrogens is 244 g/mol. The molecule has 20 heavy (non-hydrogen) atoms. The molecule has 3 aromatic carbocycles. The zero-order chi connectivity index (χ0) is 13.9. The molecule has 3 rings (SSSR count). The Bertz CT molecular complexity index is 725. The van der Waals surface area contributed by atoms with Gasteiger partial charge in [-0.25, -0.2) is 0 Å². The molecule has 0 fully saturated rings. The molecule has 0 N–H and O–H groups in total. The Labute approximate surface area is 119 Å². The molecule has 0 aromatic heterocycles. The molecule has 0 radical (unpaired) electrons. The Morgan fingerprint density at radius 1 is 0.750 bits per heavy atom. The summed E-state index contributed by atoms with van der Waals surface area (Å²) in [5.74, 6) is 1.25. The first-order valence-corrected chi connectivity index (χ1v) is 6.92. The second kappa shape index (κ2) is 5.38. The van der Waals surface area contributed by atoms with Gasteiger partial charge in [0.2, 0.25) is 0 Å². The van der Waals surface area contributed by atoms with Gasteiger partial charge < -0.3 is 4.74 Å². The number of hydrogen-bond acceptors (Lipinski definition) is 1. The van der Waals surface area contributed by atoms with Crippen LogP contribution in [0.1, 0.15) is 24.0 Å². The third-order valence-electron chi connectivity index (χ3n) is 3.90. The van der Waals surface area contributed by atoms with Crippen LogP contribution in [0, 0.1) is 0 Å². The van der Waals surface area contributed by atoms with E-state index in [0.717, 1.165) is 5.75 Å². The van der Waals surface area contributed by atoms with Crippen molar-refractivity contribution < 1.29 is 4.74 Å². The van der Waals surface area contributed by atoms with E-state index in [4.69, 9.17) is 4.74 Å². The SMILES string of the molecule is COc1ccccc1C(C)c1cccc2ccccc12. The van der Waals surface area contributed by atoms with Gasteiger partial charge >= 0.3 is 0 Å². The summed E-state index contributed by atoms with van der Waals surface area (Å²) in [6, 6.07) is 23.3. The maximum atomic E-state index is 5.50. The maximum Gasteiger partial charge on any atom is 0.122 e. The lowest BCUT2D eigenvalue weighted by atomic mass is 9.89. The Hall–Kier alpha value is -2.28. The van der Waals surface area contributed by atoms with E-state index in [9.17, 15) is 0 Å². The van der Waals surface area contributed by atoms with E-state index >= 15 is 0 Å². The maximum absolute atomic E-state index is 5.50. The molecule has 0 amide bonds. The number of methoxy groups -OCH3 is 1. The van der Waals surface area contributed by atoms with E-state index in [1.807, 2.05) is 12.1 Å². The number of benzene rings is 3. The van der Waals surface area contributed by atoms with Gasteiger partial charge in [0.25, 0.3) is 0 Å². The van der Waals surface area contributed by atoms with Crippen LogP contribution >= 0.6 is 0 Å². The third kappa shape index (κ3) is 2.16. The average Bonchev–Trinajstić information content (AvgIpc) is 2.53. The van der Waals surface area contributed by atoms with Gasteiger partial charge in [-0.3, -0.25) is 0 Å². The standard InChI is InChI=1S/C19H18O/c1-14(17-10-5-6-13-19(17)20-2)16-12-7-9-15-8-3-4-11-18(15)16/h3-14H,1-2H3. The zero-order valence-corrected chi connectivity index (χ0v) is 11.8. The van der Waals surface area contributed by atoms with Gasteiger partial charge in [0.05, 0.1) is 7.11 Å². The first kappa shape index (κ1) is 12.7. The topological polar surface area (TPSA) is 9.23 Å². The highest BCUT2D eigenvalue weighted by Gasteiger charge is 2.15. The van der Waals surface area contributed by atoms with Crippen molar-refractivity contribution in [1.82, 2.24) is 0 Å². The molecule has 0 aliphatic rings. The highest BCUT2D eigenvalue weighted by Crippen LogP contribution is 2.34. The predicted molar refractivity (Wildman–Crippen MR) is 84.5 cm³/mol. The van der Waals surface area contributed by atoms with Crippen molar-refractivity contribution in [1.29, 1.82) is 0 Å². The number of para-hydroxylation sites is 1. The second-order valence-electron chi connectivity index (χ2n) is 5.03. The van der Waals surface area contributed by atoms with E-state index in [0.29, 0.717) is 5.92 Å². The molecule has 0 aliphatic heterocycles. The summed E-state index contributed by atoms with van der Waals surface area (Å²) in [5, 5.41) is 2.60. The van der Waals surface area contributed by atoms with E-state index in [2.05, 4.69) is 61.5 Å². The fourth-order valence-corrected chi connectivity index (χ4v) is 2.82. The highest BCUT2D eigenvalue weighted by atomic mass is 16.5. The molecule has 3 aromatic rings. The van der Waals surface area contributed by atoms with E-state index in [1.54, 1.807) is 7.11 Å². The van der Waals surface area contributed by atoms with Crippen molar-refractivity contribution in [3.8, 4) is 5.75 Å². The van der Waals surface area contributed by atoms with Crippen molar-refractivity contribution >= 4 is 10.8 Å². The first-order chi connectivity index (χ1) is 9.81. The van der Waals surface area contributed by atoms with Crippen LogP contribution in [0.25, 0.3) is 10.8 Å². The van der Waals surface area contributed by atoms with Crippen molar-refractivity contribution in [3.63, 3.8) is 0 Å². The minimum Gasteiger partial charge on any atom is -0.496 e. The van der Waals surface area contributed by atoms with E-state index < -0.39 is 0 Å². The van der Waals surface area contributed by atoms with Crippen LogP contribution in [-0.4, -0.2) is 7.11 Å². The molecular formula is C19H18O. The summed E-state index contributed by atoms with van der Waals surface area (Å²) in [6.07, 6.45) is 0. The van der Waals surface area contributed by atoms with Gasteiger partial charge in [-0.2, -0.15) is 0 Å². The van der Waals surface area contributed by atoms with Gasteiger partial charge in [-0.15, -0.1) is 0 Å².